The Balaban J connectivity index is 2.19. The first kappa shape index (κ1) is 14.1. The highest BCUT2D eigenvalue weighted by Crippen LogP contribution is 2.19. The number of nitrogens with one attached hydrogen (secondary N) is 1. The Labute approximate surface area is 118 Å². The summed E-state index contributed by atoms with van der Waals surface area (Å²) in [5, 5.41) is 0. The Kier molecular flexibility index (Phi) is 4.28. The van der Waals surface area contributed by atoms with Gasteiger partial charge in [0.05, 0.1) is 0 Å². The van der Waals surface area contributed by atoms with Crippen LogP contribution < -0.4 is 4.72 Å². The van der Waals surface area contributed by atoms with Gasteiger partial charge in [0, 0.05) is 23.4 Å². The molecule has 100 valence electrons. The van der Waals surface area contributed by atoms with E-state index in [1.807, 2.05) is 0 Å². The Morgan fingerprint density at radius 1 is 1.21 bits per heavy atom. The van der Waals surface area contributed by atoms with Gasteiger partial charge < -0.3 is 0 Å². The van der Waals surface area contributed by atoms with Crippen molar-refractivity contribution in [2.45, 2.75) is 11.4 Å². The van der Waals surface area contributed by atoms with Gasteiger partial charge in [-0.2, -0.15) is 0 Å². The summed E-state index contributed by atoms with van der Waals surface area (Å²) in [5.41, 5.74) is 0.746. The van der Waals surface area contributed by atoms with Crippen LogP contribution in [0.3, 0.4) is 0 Å². The molecule has 0 saturated heterocycles. The lowest BCUT2D eigenvalue weighted by atomic mass is 10.3. The Hall–Kier alpha value is -1.31. The van der Waals surface area contributed by atoms with Crippen LogP contribution in [-0.2, 0) is 16.6 Å². The Morgan fingerprint density at radius 2 is 1.89 bits per heavy atom. The summed E-state index contributed by atoms with van der Waals surface area (Å²) in [5.74, 6) is -0.795. The fraction of sp³-hybridized carbons (Fsp3) is 0.0833. The molecule has 0 aliphatic carbocycles. The van der Waals surface area contributed by atoms with Gasteiger partial charge in [0.2, 0.25) is 10.0 Å². The summed E-state index contributed by atoms with van der Waals surface area (Å²) in [4.78, 5) is 3.46. The Bertz CT molecular complexity index is 677. The molecule has 1 N–H and O–H groups in total. The van der Waals surface area contributed by atoms with Crippen LogP contribution in [0.5, 0.6) is 0 Å². The summed E-state index contributed by atoms with van der Waals surface area (Å²) in [6.45, 7) is 0.0837. The number of rotatable bonds is 4. The largest absolute Gasteiger partial charge is 0.265 e. The van der Waals surface area contributed by atoms with Crippen LogP contribution in [-0.4, -0.2) is 13.4 Å². The zero-order valence-corrected chi connectivity index (χ0v) is 12.1. The van der Waals surface area contributed by atoms with E-state index in [4.69, 9.17) is 0 Å². The zero-order chi connectivity index (χ0) is 13.9. The van der Waals surface area contributed by atoms with Crippen molar-refractivity contribution in [2.75, 3.05) is 0 Å². The minimum Gasteiger partial charge on any atom is -0.265 e. The predicted octanol–water partition coefficient (Wildman–Crippen LogP) is 2.46. The first-order valence-corrected chi connectivity index (χ1v) is 7.60. The van der Waals surface area contributed by atoms with Crippen LogP contribution in [0, 0.1) is 5.82 Å². The minimum absolute atomic E-state index is 0.0837. The van der Waals surface area contributed by atoms with Crippen LogP contribution >= 0.6 is 15.9 Å². The van der Waals surface area contributed by atoms with E-state index in [0.717, 1.165) is 11.6 Å². The summed E-state index contributed by atoms with van der Waals surface area (Å²) < 4.78 is 40.3. The van der Waals surface area contributed by atoms with E-state index < -0.39 is 15.8 Å². The Morgan fingerprint density at radius 3 is 2.53 bits per heavy atom. The lowest BCUT2D eigenvalue weighted by Gasteiger charge is -2.07. The number of sulfonamides is 1. The number of pyridine rings is 1. The molecule has 2 rings (SSSR count). The van der Waals surface area contributed by atoms with Crippen molar-refractivity contribution in [1.29, 1.82) is 0 Å². The van der Waals surface area contributed by atoms with E-state index in [0.29, 0.717) is 4.47 Å². The van der Waals surface area contributed by atoms with Gasteiger partial charge >= 0.3 is 0 Å². The average molecular weight is 345 g/mol. The molecule has 7 heteroatoms. The third kappa shape index (κ3) is 3.59. The summed E-state index contributed by atoms with van der Waals surface area (Å²) in [7, 11) is -3.87. The van der Waals surface area contributed by atoms with Crippen LogP contribution in [0.1, 0.15) is 5.56 Å². The van der Waals surface area contributed by atoms with Gasteiger partial charge in [-0.15, -0.1) is 0 Å². The van der Waals surface area contributed by atoms with Gasteiger partial charge in [-0.3, -0.25) is 4.98 Å². The molecule has 0 radical (unpaired) electrons. The van der Waals surface area contributed by atoms with Crippen molar-refractivity contribution in [3.05, 3.63) is 58.6 Å². The molecule has 0 spiro atoms. The highest BCUT2D eigenvalue weighted by atomic mass is 79.9. The monoisotopic (exact) mass is 344 g/mol. The minimum atomic E-state index is -3.87. The molecule has 1 aromatic heterocycles. The van der Waals surface area contributed by atoms with E-state index in [-0.39, 0.29) is 11.4 Å². The predicted molar refractivity (Wildman–Crippen MR) is 72.4 cm³/mol. The van der Waals surface area contributed by atoms with Gasteiger partial charge in [0.15, 0.2) is 0 Å². The topological polar surface area (TPSA) is 59.1 Å². The van der Waals surface area contributed by atoms with Crippen molar-refractivity contribution in [1.82, 2.24) is 9.71 Å². The van der Waals surface area contributed by atoms with E-state index in [1.165, 1.54) is 12.1 Å². The molecule has 1 heterocycles. The van der Waals surface area contributed by atoms with E-state index in [9.17, 15) is 12.8 Å². The van der Waals surface area contributed by atoms with Crippen LogP contribution in [0.2, 0.25) is 0 Å². The molecule has 2 aromatic rings. The standard InChI is InChI=1S/C12H10BrFN2O2S/c13-10-1-2-12(11(14)7-10)19(17,18)16-8-9-3-5-15-6-4-9/h1-7,16H,8H2. The van der Waals surface area contributed by atoms with Gasteiger partial charge in [0.1, 0.15) is 10.7 Å². The van der Waals surface area contributed by atoms with Crippen molar-refractivity contribution >= 4 is 26.0 Å². The zero-order valence-electron chi connectivity index (χ0n) is 9.68. The van der Waals surface area contributed by atoms with Crippen molar-refractivity contribution in [3.8, 4) is 0 Å². The molecule has 0 fully saturated rings. The van der Waals surface area contributed by atoms with Crippen molar-refractivity contribution < 1.29 is 12.8 Å². The maximum Gasteiger partial charge on any atom is 0.243 e. The lowest BCUT2D eigenvalue weighted by molar-refractivity contribution is 0.556. The van der Waals surface area contributed by atoms with E-state index >= 15 is 0 Å². The molecule has 0 saturated carbocycles. The van der Waals surface area contributed by atoms with Crippen LogP contribution in [0.15, 0.2) is 52.1 Å². The van der Waals surface area contributed by atoms with Crippen molar-refractivity contribution in [2.24, 2.45) is 0 Å². The van der Waals surface area contributed by atoms with Gasteiger partial charge in [-0.05, 0) is 35.9 Å². The number of hydrogen-bond acceptors (Lipinski definition) is 3. The SMILES string of the molecule is O=S(=O)(NCc1ccncc1)c1ccc(Br)cc1F. The first-order chi connectivity index (χ1) is 8.99. The number of halogens is 2. The highest BCUT2D eigenvalue weighted by Gasteiger charge is 2.18. The third-order valence-corrected chi connectivity index (χ3v) is 4.33. The molecule has 4 nitrogen and oxygen atoms in total. The second-order valence-electron chi connectivity index (χ2n) is 3.75. The summed E-state index contributed by atoms with van der Waals surface area (Å²) >= 11 is 3.08. The molecule has 19 heavy (non-hydrogen) atoms. The molecule has 0 atom stereocenters. The second-order valence-corrected chi connectivity index (χ2v) is 6.41. The fourth-order valence-corrected chi connectivity index (χ4v) is 2.86. The van der Waals surface area contributed by atoms with Crippen molar-refractivity contribution in [3.63, 3.8) is 0 Å². The number of benzene rings is 1. The smallest absolute Gasteiger partial charge is 0.243 e. The maximum atomic E-state index is 13.6. The van der Waals surface area contributed by atoms with E-state index in [1.54, 1.807) is 24.5 Å². The van der Waals surface area contributed by atoms with Crippen LogP contribution in [0.4, 0.5) is 4.39 Å². The number of hydrogen-bond donors (Lipinski definition) is 1. The first-order valence-electron chi connectivity index (χ1n) is 5.33. The molecule has 0 amide bonds. The second kappa shape index (κ2) is 5.77. The summed E-state index contributed by atoms with van der Waals surface area (Å²) in [6.07, 6.45) is 3.12. The van der Waals surface area contributed by atoms with Gasteiger partial charge in [0.25, 0.3) is 0 Å². The third-order valence-electron chi connectivity index (χ3n) is 2.40. The summed E-state index contributed by atoms with van der Waals surface area (Å²) in [6, 6.07) is 7.17. The molecule has 0 bridgehead atoms. The van der Waals surface area contributed by atoms with Gasteiger partial charge in [-0.1, -0.05) is 15.9 Å². The molecule has 0 aliphatic heterocycles. The number of aromatic nitrogens is 1. The molecule has 1 aromatic carbocycles. The van der Waals surface area contributed by atoms with Crippen LogP contribution in [0.25, 0.3) is 0 Å². The molecular weight excluding hydrogens is 335 g/mol. The van der Waals surface area contributed by atoms with Gasteiger partial charge in [-0.25, -0.2) is 17.5 Å². The quantitative estimate of drug-likeness (QED) is 0.926. The van der Waals surface area contributed by atoms with E-state index in [2.05, 4.69) is 25.6 Å². The molecule has 0 unspecified atom stereocenters. The average Bonchev–Trinajstić information content (AvgIpc) is 2.37. The molecule has 0 aliphatic rings. The number of nitrogens with zero attached hydrogens (tertiary/aromatic N) is 1. The highest BCUT2D eigenvalue weighted by molar-refractivity contribution is 9.10. The maximum absolute atomic E-state index is 13.6. The molecular formula is C12H10BrFN2O2S. The fourth-order valence-electron chi connectivity index (χ4n) is 1.45. The lowest BCUT2D eigenvalue weighted by Crippen LogP contribution is -2.24. The normalized spacial score (nSPS) is 11.5.